The SMILES string of the molecule is CCCCN(CC)Cc1c(O)c(=O)cc(C)n1CCC(=O)O. The number of pyridine rings is 1. The number of aryl methyl sites for hydroxylation is 1. The van der Waals surface area contributed by atoms with Gasteiger partial charge in [-0.2, -0.15) is 0 Å². The maximum Gasteiger partial charge on any atom is 0.305 e. The largest absolute Gasteiger partial charge is 0.503 e. The molecule has 1 aromatic rings. The second-order valence-electron chi connectivity index (χ2n) is 5.46. The zero-order valence-corrected chi connectivity index (χ0v) is 13.6. The first kappa shape index (κ1) is 18.2. The van der Waals surface area contributed by atoms with Crippen molar-refractivity contribution in [3.8, 4) is 5.75 Å². The van der Waals surface area contributed by atoms with Gasteiger partial charge >= 0.3 is 5.97 Å². The molecule has 0 aliphatic carbocycles. The van der Waals surface area contributed by atoms with Gasteiger partial charge in [0.05, 0.1) is 12.1 Å². The minimum Gasteiger partial charge on any atom is -0.503 e. The Morgan fingerprint density at radius 3 is 2.59 bits per heavy atom. The summed E-state index contributed by atoms with van der Waals surface area (Å²) in [6, 6.07) is 1.35. The number of carboxylic acids is 1. The number of hydrogen-bond donors (Lipinski definition) is 2. The van der Waals surface area contributed by atoms with Crippen LogP contribution in [-0.2, 0) is 17.9 Å². The highest BCUT2D eigenvalue weighted by Gasteiger charge is 2.16. The van der Waals surface area contributed by atoms with Crippen molar-refractivity contribution >= 4 is 5.97 Å². The minimum absolute atomic E-state index is 0.0444. The lowest BCUT2D eigenvalue weighted by Crippen LogP contribution is -2.28. The number of nitrogens with zero attached hydrogens (tertiary/aromatic N) is 2. The number of aromatic nitrogens is 1. The Kier molecular flexibility index (Phi) is 7.11. The summed E-state index contributed by atoms with van der Waals surface area (Å²) in [5, 5.41) is 19.0. The highest BCUT2D eigenvalue weighted by atomic mass is 16.4. The molecule has 0 spiro atoms. The molecule has 0 fully saturated rings. The molecule has 0 radical (unpaired) electrons. The summed E-state index contributed by atoms with van der Waals surface area (Å²) in [7, 11) is 0. The van der Waals surface area contributed by atoms with Gasteiger partial charge in [-0.3, -0.25) is 14.5 Å². The number of hydrogen-bond acceptors (Lipinski definition) is 4. The average molecular weight is 310 g/mol. The van der Waals surface area contributed by atoms with Crippen molar-refractivity contribution in [2.24, 2.45) is 0 Å². The lowest BCUT2D eigenvalue weighted by atomic mass is 10.2. The van der Waals surface area contributed by atoms with Crippen LogP contribution in [0.1, 0.15) is 44.5 Å². The minimum atomic E-state index is -0.901. The molecule has 0 unspecified atom stereocenters. The van der Waals surface area contributed by atoms with Gasteiger partial charge in [-0.05, 0) is 26.4 Å². The molecule has 1 aromatic heterocycles. The Morgan fingerprint density at radius 2 is 2.05 bits per heavy atom. The molecule has 124 valence electrons. The van der Waals surface area contributed by atoms with Crippen molar-refractivity contribution in [3.05, 3.63) is 27.7 Å². The molecular weight excluding hydrogens is 284 g/mol. The van der Waals surface area contributed by atoms with Gasteiger partial charge in [0, 0.05) is 24.8 Å². The van der Waals surface area contributed by atoms with Gasteiger partial charge in [0.2, 0.25) is 5.43 Å². The smallest absolute Gasteiger partial charge is 0.305 e. The van der Waals surface area contributed by atoms with Crippen molar-refractivity contribution in [3.63, 3.8) is 0 Å². The third-order valence-electron chi connectivity index (χ3n) is 3.80. The average Bonchev–Trinajstić information content (AvgIpc) is 2.47. The number of rotatable bonds is 9. The van der Waals surface area contributed by atoms with Crippen LogP contribution in [0.2, 0.25) is 0 Å². The number of aliphatic carboxylic acids is 1. The van der Waals surface area contributed by atoms with Gasteiger partial charge < -0.3 is 14.8 Å². The molecule has 1 rings (SSSR count). The van der Waals surface area contributed by atoms with Crippen molar-refractivity contribution in [2.75, 3.05) is 13.1 Å². The molecule has 6 nitrogen and oxygen atoms in total. The van der Waals surface area contributed by atoms with Crippen LogP contribution < -0.4 is 5.43 Å². The molecule has 0 bridgehead atoms. The molecule has 0 aliphatic rings. The molecule has 2 N–H and O–H groups in total. The third-order valence-corrected chi connectivity index (χ3v) is 3.80. The predicted molar refractivity (Wildman–Crippen MR) is 85.2 cm³/mol. The van der Waals surface area contributed by atoms with Gasteiger partial charge in [0.15, 0.2) is 5.75 Å². The second kappa shape index (κ2) is 8.58. The maximum atomic E-state index is 11.8. The fourth-order valence-electron chi connectivity index (χ4n) is 2.44. The van der Waals surface area contributed by atoms with Crippen LogP contribution >= 0.6 is 0 Å². The maximum absolute atomic E-state index is 11.8. The molecule has 0 atom stereocenters. The monoisotopic (exact) mass is 310 g/mol. The number of carboxylic acid groups (broad SMARTS) is 1. The van der Waals surface area contributed by atoms with E-state index in [2.05, 4.69) is 11.8 Å². The van der Waals surface area contributed by atoms with E-state index in [0.717, 1.165) is 25.9 Å². The molecule has 0 amide bonds. The summed E-state index contributed by atoms with van der Waals surface area (Å²) in [4.78, 5) is 24.8. The third kappa shape index (κ3) is 4.87. The van der Waals surface area contributed by atoms with Crippen molar-refractivity contribution in [1.29, 1.82) is 0 Å². The summed E-state index contributed by atoms with van der Waals surface area (Å²) < 4.78 is 1.74. The Bertz CT molecular complexity index is 566. The molecule has 22 heavy (non-hydrogen) atoms. The van der Waals surface area contributed by atoms with Gasteiger partial charge in [-0.1, -0.05) is 20.3 Å². The van der Waals surface area contributed by atoms with E-state index in [0.29, 0.717) is 17.9 Å². The molecule has 0 aliphatic heterocycles. The van der Waals surface area contributed by atoms with Gasteiger partial charge in [0.1, 0.15) is 0 Å². The molecule has 0 saturated heterocycles. The van der Waals surface area contributed by atoms with Crippen LogP contribution in [0.3, 0.4) is 0 Å². The lowest BCUT2D eigenvalue weighted by molar-refractivity contribution is -0.137. The summed E-state index contributed by atoms with van der Waals surface area (Å²) in [5.41, 5.74) is 0.764. The van der Waals surface area contributed by atoms with E-state index in [1.807, 2.05) is 6.92 Å². The highest BCUT2D eigenvalue weighted by molar-refractivity contribution is 5.66. The normalized spacial score (nSPS) is 11.1. The first-order valence-electron chi connectivity index (χ1n) is 7.77. The van der Waals surface area contributed by atoms with E-state index in [-0.39, 0.29) is 18.7 Å². The first-order chi connectivity index (χ1) is 10.4. The fraction of sp³-hybridized carbons (Fsp3) is 0.625. The van der Waals surface area contributed by atoms with E-state index in [1.54, 1.807) is 11.5 Å². The molecule has 1 heterocycles. The highest BCUT2D eigenvalue weighted by Crippen LogP contribution is 2.18. The van der Waals surface area contributed by atoms with E-state index >= 15 is 0 Å². The Morgan fingerprint density at radius 1 is 1.36 bits per heavy atom. The van der Waals surface area contributed by atoms with E-state index in [1.165, 1.54) is 6.07 Å². The fourth-order valence-corrected chi connectivity index (χ4v) is 2.44. The molecule has 0 aromatic carbocycles. The summed E-state index contributed by atoms with van der Waals surface area (Å²) in [6.45, 7) is 8.28. The van der Waals surface area contributed by atoms with E-state index in [9.17, 15) is 14.7 Å². The zero-order chi connectivity index (χ0) is 16.7. The van der Waals surface area contributed by atoms with Crippen LogP contribution in [0.25, 0.3) is 0 Å². The van der Waals surface area contributed by atoms with E-state index < -0.39 is 11.4 Å². The number of carbonyl (C=O) groups is 1. The van der Waals surface area contributed by atoms with Gasteiger partial charge in [-0.25, -0.2) is 0 Å². The van der Waals surface area contributed by atoms with Crippen LogP contribution in [0.15, 0.2) is 10.9 Å². The van der Waals surface area contributed by atoms with Crippen LogP contribution in [0, 0.1) is 6.92 Å². The summed E-state index contributed by atoms with van der Waals surface area (Å²) >= 11 is 0. The van der Waals surface area contributed by atoms with Crippen molar-refractivity contribution in [2.45, 2.75) is 53.1 Å². The van der Waals surface area contributed by atoms with Crippen LogP contribution in [0.5, 0.6) is 5.75 Å². The molecule has 6 heteroatoms. The van der Waals surface area contributed by atoms with Crippen LogP contribution in [-0.4, -0.2) is 38.7 Å². The molecule has 0 saturated carbocycles. The predicted octanol–water partition coefficient (Wildman–Crippen LogP) is 1.96. The van der Waals surface area contributed by atoms with Crippen molar-refractivity contribution < 1.29 is 15.0 Å². The van der Waals surface area contributed by atoms with Gasteiger partial charge in [0.25, 0.3) is 0 Å². The van der Waals surface area contributed by atoms with Gasteiger partial charge in [-0.15, -0.1) is 0 Å². The lowest BCUT2D eigenvalue weighted by Gasteiger charge is -2.24. The zero-order valence-electron chi connectivity index (χ0n) is 13.6. The van der Waals surface area contributed by atoms with Crippen LogP contribution in [0.4, 0.5) is 0 Å². The first-order valence-corrected chi connectivity index (χ1v) is 7.77. The quantitative estimate of drug-likeness (QED) is 0.728. The standard InChI is InChI=1S/C16H26N2O4/c1-4-6-8-17(5-2)11-13-16(22)14(19)10-12(3)18(13)9-7-15(20)21/h10,22H,4-9,11H2,1-3H3,(H,20,21). The number of unbranched alkanes of at least 4 members (excludes halogenated alkanes) is 1. The van der Waals surface area contributed by atoms with E-state index in [4.69, 9.17) is 5.11 Å². The Labute approximate surface area is 131 Å². The topological polar surface area (TPSA) is 82.8 Å². The Hall–Kier alpha value is -1.82. The molecular formula is C16H26N2O4. The summed E-state index contributed by atoms with van der Waals surface area (Å²) in [6.07, 6.45) is 2.07. The second-order valence-corrected chi connectivity index (χ2v) is 5.46. The van der Waals surface area contributed by atoms with Crippen molar-refractivity contribution in [1.82, 2.24) is 9.47 Å². The summed E-state index contributed by atoms with van der Waals surface area (Å²) in [5.74, 6) is -1.17. The Balaban J connectivity index is 3.12. The number of aromatic hydroxyl groups is 1.